The molecule has 0 radical (unpaired) electrons. The van der Waals surface area contributed by atoms with Crippen molar-refractivity contribution in [1.29, 1.82) is 0 Å². The number of likely N-dealkylation sites (tertiary alicyclic amines) is 1. The summed E-state index contributed by atoms with van der Waals surface area (Å²) in [6.07, 6.45) is 8.54. The Bertz CT molecular complexity index is 853. The van der Waals surface area contributed by atoms with Gasteiger partial charge in [-0.2, -0.15) is 0 Å². The van der Waals surface area contributed by atoms with Crippen molar-refractivity contribution in [3.8, 4) is 0 Å². The number of aryl methyl sites for hydroxylation is 1. The summed E-state index contributed by atoms with van der Waals surface area (Å²) in [6.45, 7) is 5.58. The molecule has 1 unspecified atom stereocenters. The number of carbonyl (C=O) groups excluding carboxylic acids is 1. The van der Waals surface area contributed by atoms with Crippen molar-refractivity contribution < 1.29 is 4.79 Å². The Morgan fingerprint density at radius 2 is 1.50 bits per heavy atom. The van der Waals surface area contributed by atoms with E-state index >= 15 is 0 Å². The van der Waals surface area contributed by atoms with Gasteiger partial charge in [-0.05, 0) is 87.7 Å². The number of nitrogens with zero attached hydrogens (tertiary/aromatic N) is 2. The summed E-state index contributed by atoms with van der Waals surface area (Å²) in [6, 6.07) is 18.3. The molecule has 2 aromatic rings. The number of benzene rings is 2. The SMILES string of the molecule is Cc1ccc(C2C[C@H]3CC[C@@H](C2)N3C(=O)c2ccc(CN3CCCCC3)cc2)cc1. The van der Waals surface area contributed by atoms with Gasteiger partial charge in [0.2, 0.25) is 0 Å². The third-order valence-corrected chi connectivity index (χ3v) is 7.57. The van der Waals surface area contributed by atoms with Gasteiger partial charge in [-0.3, -0.25) is 9.69 Å². The minimum atomic E-state index is 0.245. The van der Waals surface area contributed by atoms with Crippen molar-refractivity contribution in [1.82, 2.24) is 9.80 Å². The van der Waals surface area contributed by atoms with Crippen LogP contribution in [0.2, 0.25) is 0 Å². The van der Waals surface area contributed by atoms with E-state index in [0.717, 1.165) is 37.8 Å². The average Bonchev–Trinajstić information content (AvgIpc) is 3.04. The van der Waals surface area contributed by atoms with Crippen molar-refractivity contribution >= 4 is 5.91 Å². The Morgan fingerprint density at radius 1 is 0.867 bits per heavy atom. The highest BCUT2D eigenvalue weighted by Crippen LogP contribution is 2.43. The van der Waals surface area contributed by atoms with Gasteiger partial charge in [-0.1, -0.05) is 48.4 Å². The van der Waals surface area contributed by atoms with Crippen molar-refractivity contribution in [2.45, 2.75) is 76.4 Å². The minimum absolute atomic E-state index is 0.245. The molecule has 158 valence electrons. The summed E-state index contributed by atoms with van der Waals surface area (Å²) in [5.74, 6) is 0.841. The van der Waals surface area contributed by atoms with Gasteiger partial charge in [0.1, 0.15) is 0 Å². The Balaban J connectivity index is 1.25. The maximum atomic E-state index is 13.4. The average molecular weight is 403 g/mol. The summed E-state index contributed by atoms with van der Waals surface area (Å²) in [7, 11) is 0. The van der Waals surface area contributed by atoms with E-state index in [4.69, 9.17) is 0 Å². The molecule has 3 heteroatoms. The number of piperidine rings is 2. The van der Waals surface area contributed by atoms with Crippen LogP contribution in [0.25, 0.3) is 0 Å². The number of rotatable bonds is 4. The lowest BCUT2D eigenvalue weighted by molar-refractivity contribution is 0.0571. The molecule has 0 spiro atoms. The monoisotopic (exact) mass is 402 g/mol. The van der Waals surface area contributed by atoms with Crippen LogP contribution < -0.4 is 0 Å². The van der Waals surface area contributed by atoms with Gasteiger partial charge >= 0.3 is 0 Å². The number of amides is 1. The van der Waals surface area contributed by atoms with Gasteiger partial charge in [-0.15, -0.1) is 0 Å². The van der Waals surface area contributed by atoms with E-state index in [1.54, 1.807) is 0 Å². The van der Waals surface area contributed by atoms with E-state index in [9.17, 15) is 4.79 Å². The topological polar surface area (TPSA) is 23.6 Å². The first-order chi connectivity index (χ1) is 14.7. The van der Waals surface area contributed by atoms with Crippen LogP contribution in [0.1, 0.15) is 77.9 Å². The van der Waals surface area contributed by atoms with Crippen molar-refractivity contribution in [3.05, 3.63) is 70.8 Å². The first kappa shape index (κ1) is 19.8. The standard InChI is InChI=1S/C27H34N2O/c1-20-5-9-22(10-6-20)24-17-25-13-14-26(18-24)29(25)27(30)23-11-7-21(8-12-23)19-28-15-3-2-4-16-28/h5-12,24-26H,2-4,13-19H2,1H3/t24?,25-,26+. The van der Waals surface area contributed by atoms with Gasteiger partial charge in [0.15, 0.2) is 0 Å². The largest absolute Gasteiger partial charge is 0.333 e. The Hall–Kier alpha value is -2.13. The summed E-state index contributed by atoms with van der Waals surface area (Å²) in [5, 5.41) is 0. The van der Waals surface area contributed by atoms with Crippen LogP contribution in [-0.4, -0.2) is 40.9 Å². The van der Waals surface area contributed by atoms with Gasteiger partial charge < -0.3 is 4.90 Å². The maximum Gasteiger partial charge on any atom is 0.254 e. The van der Waals surface area contributed by atoms with Crippen LogP contribution in [0.5, 0.6) is 0 Å². The Labute approximate surface area is 181 Å². The summed E-state index contributed by atoms with van der Waals surface area (Å²) < 4.78 is 0. The minimum Gasteiger partial charge on any atom is -0.333 e. The third-order valence-electron chi connectivity index (χ3n) is 7.57. The molecule has 3 saturated heterocycles. The molecule has 3 atom stereocenters. The number of carbonyl (C=O) groups is 1. The zero-order valence-electron chi connectivity index (χ0n) is 18.2. The van der Waals surface area contributed by atoms with Crippen LogP contribution in [0.3, 0.4) is 0 Å². The normalized spacial score (nSPS) is 26.7. The molecule has 3 nitrogen and oxygen atoms in total. The fourth-order valence-corrected chi connectivity index (χ4v) is 5.90. The number of hydrogen-bond donors (Lipinski definition) is 0. The number of fused-ring (bicyclic) bond motifs is 2. The molecule has 3 fully saturated rings. The highest BCUT2D eigenvalue weighted by molar-refractivity contribution is 5.95. The Morgan fingerprint density at radius 3 is 2.13 bits per heavy atom. The second kappa shape index (κ2) is 8.55. The second-order valence-electron chi connectivity index (χ2n) is 9.71. The Kier molecular flexibility index (Phi) is 5.64. The molecule has 0 saturated carbocycles. The fraction of sp³-hybridized carbons (Fsp3) is 0.519. The molecule has 30 heavy (non-hydrogen) atoms. The van der Waals surface area contributed by atoms with Gasteiger partial charge in [0.25, 0.3) is 5.91 Å². The lowest BCUT2D eigenvalue weighted by Crippen LogP contribution is -2.46. The van der Waals surface area contributed by atoms with Gasteiger partial charge in [0, 0.05) is 24.2 Å². The third kappa shape index (κ3) is 4.05. The van der Waals surface area contributed by atoms with E-state index in [0.29, 0.717) is 18.0 Å². The zero-order chi connectivity index (χ0) is 20.5. The van der Waals surface area contributed by atoms with Crippen LogP contribution in [0, 0.1) is 6.92 Å². The van der Waals surface area contributed by atoms with Crippen LogP contribution >= 0.6 is 0 Å². The van der Waals surface area contributed by atoms with E-state index in [1.165, 1.54) is 49.0 Å². The molecule has 2 aromatic carbocycles. The molecule has 3 aliphatic rings. The molecule has 2 bridgehead atoms. The van der Waals surface area contributed by atoms with Crippen LogP contribution in [0.4, 0.5) is 0 Å². The lowest BCUT2D eigenvalue weighted by atomic mass is 9.84. The first-order valence-electron chi connectivity index (χ1n) is 11.9. The van der Waals surface area contributed by atoms with Crippen molar-refractivity contribution in [2.24, 2.45) is 0 Å². The smallest absolute Gasteiger partial charge is 0.254 e. The zero-order valence-corrected chi connectivity index (χ0v) is 18.2. The van der Waals surface area contributed by atoms with E-state index in [1.807, 2.05) is 0 Å². The highest BCUT2D eigenvalue weighted by Gasteiger charge is 2.43. The van der Waals surface area contributed by atoms with Crippen LogP contribution in [-0.2, 0) is 6.54 Å². The van der Waals surface area contributed by atoms with Crippen molar-refractivity contribution in [3.63, 3.8) is 0 Å². The molecule has 5 rings (SSSR count). The molecule has 0 N–H and O–H groups in total. The predicted octanol–water partition coefficient (Wildman–Crippen LogP) is 5.53. The predicted molar refractivity (Wildman–Crippen MR) is 122 cm³/mol. The first-order valence-corrected chi connectivity index (χ1v) is 11.9. The highest BCUT2D eigenvalue weighted by atomic mass is 16.2. The molecule has 3 aliphatic heterocycles. The second-order valence-corrected chi connectivity index (χ2v) is 9.71. The van der Waals surface area contributed by atoms with Crippen molar-refractivity contribution in [2.75, 3.05) is 13.1 Å². The quantitative estimate of drug-likeness (QED) is 0.671. The van der Waals surface area contributed by atoms with E-state index in [2.05, 4.69) is 65.3 Å². The summed E-state index contributed by atoms with van der Waals surface area (Å²) >= 11 is 0. The lowest BCUT2D eigenvalue weighted by Gasteiger charge is -2.39. The number of hydrogen-bond acceptors (Lipinski definition) is 2. The van der Waals surface area contributed by atoms with Gasteiger partial charge in [-0.25, -0.2) is 0 Å². The van der Waals surface area contributed by atoms with E-state index < -0.39 is 0 Å². The fourth-order valence-electron chi connectivity index (χ4n) is 5.90. The molecule has 0 aliphatic carbocycles. The molecular formula is C27H34N2O. The molecule has 0 aromatic heterocycles. The van der Waals surface area contributed by atoms with Gasteiger partial charge in [0.05, 0.1) is 0 Å². The van der Waals surface area contributed by atoms with Crippen LogP contribution in [0.15, 0.2) is 48.5 Å². The molecule has 3 heterocycles. The summed E-state index contributed by atoms with van der Waals surface area (Å²) in [4.78, 5) is 18.1. The summed E-state index contributed by atoms with van der Waals surface area (Å²) in [5.41, 5.74) is 4.96. The maximum absolute atomic E-state index is 13.4. The molecule has 1 amide bonds. The molecular weight excluding hydrogens is 368 g/mol. The van der Waals surface area contributed by atoms with E-state index in [-0.39, 0.29) is 5.91 Å².